The van der Waals surface area contributed by atoms with Crippen molar-refractivity contribution in [1.82, 2.24) is 9.97 Å². The third-order valence-electron chi connectivity index (χ3n) is 2.83. The Morgan fingerprint density at radius 1 is 0.895 bits per heavy atom. The minimum Gasteiger partial charge on any atom is -0.435 e. The molecule has 0 aliphatic carbocycles. The molecule has 4 nitrogen and oxygen atoms in total. The summed E-state index contributed by atoms with van der Waals surface area (Å²) in [5.41, 5.74) is 8.83. The Morgan fingerprint density at radius 3 is 2.26 bits per heavy atom. The molecule has 94 valence electrons. The number of nitrogens with two attached hydrogens (primary N) is 1. The van der Waals surface area contributed by atoms with E-state index in [0.717, 1.165) is 16.7 Å². The third kappa shape index (κ3) is 2.20. The lowest BCUT2D eigenvalue weighted by Crippen LogP contribution is -1.97. The van der Waals surface area contributed by atoms with E-state index in [-0.39, 0.29) is 0 Å². The highest BCUT2D eigenvalue weighted by molar-refractivity contribution is 5.74. The third-order valence-corrected chi connectivity index (χ3v) is 2.83. The lowest BCUT2D eigenvalue weighted by molar-refractivity contribution is 0.460. The van der Waals surface area contributed by atoms with Crippen LogP contribution in [0.5, 0.6) is 11.6 Å². The summed E-state index contributed by atoms with van der Waals surface area (Å²) < 4.78 is 5.75. The molecule has 0 aliphatic rings. The Morgan fingerprint density at radius 2 is 1.53 bits per heavy atom. The van der Waals surface area contributed by atoms with Crippen LogP contribution in [0.3, 0.4) is 0 Å². The van der Waals surface area contributed by atoms with Crippen molar-refractivity contribution in [3.63, 3.8) is 0 Å². The zero-order chi connectivity index (χ0) is 13.2. The number of fused-ring (bicyclic) bond motifs is 1. The van der Waals surface area contributed by atoms with Crippen LogP contribution >= 0.6 is 0 Å². The fourth-order valence-electron chi connectivity index (χ4n) is 1.85. The number of aromatic nitrogens is 2. The first-order chi connectivity index (χ1) is 9.24. The maximum absolute atomic E-state index is 5.86. The lowest BCUT2D eigenvalue weighted by Gasteiger charge is -2.09. The number of hydrogen-bond donors (Lipinski definition) is 1. The van der Waals surface area contributed by atoms with Gasteiger partial charge in [-0.3, -0.25) is 0 Å². The first kappa shape index (κ1) is 11.5. The SMILES string of the molecule is Cc1nc2ccccc2nc1Oc1ccccc1N. The van der Waals surface area contributed by atoms with Crippen LogP contribution in [0.15, 0.2) is 48.5 Å². The average molecular weight is 251 g/mol. The van der Waals surface area contributed by atoms with Gasteiger partial charge >= 0.3 is 0 Å². The summed E-state index contributed by atoms with van der Waals surface area (Å²) in [7, 11) is 0. The second-order valence-electron chi connectivity index (χ2n) is 4.24. The standard InChI is InChI=1S/C15H13N3O/c1-10-15(19-14-9-5-2-6-11(14)16)18-13-8-4-3-7-12(13)17-10/h2-9H,16H2,1H3. The predicted molar refractivity (Wildman–Crippen MR) is 75.2 cm³/mol. The van der Waals surface area contributed by atoms with Crippen molar-refractivity contribution in [2.75, 3.05) is 5.73 Å². The van der Waals surface area contributed by atoms with E-state index in [1.54, 1.807) is 6.07 Å². The average Bonchev–Trinajstić information content (AvgIpc) is 2.42. The molecule has 2 N–H and O–H groups in total. The van der Waals surface area contributed by atoms with Crippen molar-refractivity contribution in [3.8, 4) is 11.6 Å². The highest BCUT2D eigenvalue weighted by Crippen LogP contribution is 2.28. The molecule has 0 radical (unpaired) electrons. The molecule has 0 amide bonds. The van der Waals surface area contributed by atoms with E-state index in [9.17, 15) is 0 Å². The quantitative estimate of drug-likeness (QED) is 0.710. The first-order valence-corrected chi connectivity index (χ1v) is 6.00. The summed E-state index contributed by atoms with van der Waals surface area (Å²) in [5, 5.41) is 0. The molecule has 19 heavy (non-hydrogen) atoms. The van der Waals surface area contributed by atoms with Crippen LogP contribution in [0.2, 0.25) is 0 Å². The molecule has 0 saturated carbocycles. The minimum absolute atomic E-state index is 0.483. The molecule has 3 rings (SSSR count). The molecule has 0 bridgehead atoms. The molecule has 2 aromatic carbocycles. The zero-order valence-electron chi connectivity index (χ0n) is 10.5. The largest absolute Gasteiger partial charge is 0.435 e. The number of anilines is 1. The van der Waals surface area contributed by atoms with Crippen LogP contribution in [0.1, 0.15) is 5.69 Å². The van der Waals surface area contributed by atoms with Gasteiger partial charge in [0.1, 0.15) is 5.69 Å². The van der Waals surface area contributed by atoms with Gasteiger partial charge in [-0.1, -0.05) is 24.3 Å². The highest BCUT2D eigenvalue weighted by atomic mass is 16.5. The summed E-state index contributed by atoms with van der Waals surface area (Å²) >= 11 is 0. The van der Waals surface area contributed by atoms with Gasteiger partial charge in [0.15, 0.2) is 5.75 Å². The molecule has 0 fully saturated rings. The number of para-hydroxylation sites is 4. The smallest absolute Gasteiger partial charge is 0.241 e. The van der Waals surface area contributed by atoms with Gasteiger partial charge in [0, 0.05) is 0 Å². The normalized spacial score (nSPS) is 10.6. The molecular formula is C15H13N3O. The van der Waals surface area contributed by atoms with Gasteiger partial charge in [-0.15, -0.1) is 0 Å². The van der Waals surface area contributed by atoms with Gasteiger partial charge in [0.05, 0.1) is 16.7 Å². The highest BCUT2D eigenvalue weighted by Gasteiger charge is 2.08. The second kappa shape index (κ2) is 4.57. The van der Waals surface area contributed by atoms with E-state index < -0.39 is 0 Å². The Kier molecular flexibility index (Phi) is 2.76. The molecule has 0 saturated heterocycles. The van der Waals surface area contributed by atoms with Gasteiger partial charge in [0.2, 0.25) is 5.88 Å². The summed E-state index contributed by atoms with van der Waals surface area (Å²) in [5.74, 6) is 1.08. The van der Waals surface area contributed by atoms with E-state index >= 15 is 0 Å². The fraction of sp³-hybridized carbons (Fsp3) is 0.0667. The van der Waals surface area contributed by atoms with Crippen molar-refractivity contribution < 1.29 is 4.74 Å². The maximum Gasteiger partial charge on any atom is 0.241 e. The number of rotatable bonds is 2. The molecule has 1 aromatic heterocycles. The van der Waals surface area contributed by atoms with Gasteiger partial charge in [-0.2, -0.15) is 0 Å². The van der Waals surface area contributed by atoms with Gasteiger partial charge in [-0.05, 0) is 31.2 Å². The van der Waals surface area contributed by atoms with Gasteiger partial charge in [-0.25, -0.2) is 9.97 Å². The van der Waals surface area contributed by atoms with E-state index in [2.05, 4.69) is 9.97 Å². The molecule has 0 unspecified atom stereocenters. The van der Waals surface area contributed by atoms with Crippen molar-refractivity contribution in [2.24, 2.45) is 0 Å². The Balaban J connectivity index is 2.06. The lowest BCUT2D eigenvalue weighted by atomic mass is 10.3. The molecule has 0 aliphatic heterocycles. The van der Waals surface area contributed by atoms with Crippen LogP contribution < -0.4 is 10.5 Å². The van der Waals surface area contributed by atoms with E-state index in [1.807, 2.05) is 49.4 Å². The molecule has 3 aromatic rings. The van der Waals surface area contributed by atoms with E-state index in [4.69, 9.17) is 10.5 Å². The predicted octanol–water partition coefficient (Wildman–Crippen LogP) is 3.31. The van der Waals surface area contributed by atoms with Crippen LogP contribution in [-0.4, -0.2) is 9.97 Å². The summed E-state index contributed by atoms with van der Waals surface area (Å²) in [6.07, 6.45) is 0. The summed E-state index contributed by atoms with van der Waals surface area (Å²) in [6, 6.07) is 15.0. The topological polar surface area (TPSA) is 61.0 Å². The number of hydrogen-bond acceptors (Lipinski definition) is 4. The number of benzene rings is 2. The molecule has 4 heteroatoms. The number of nitrogen functional groups attached to an aromatic ring is 1. The van der Waals surface area contributed by atoms with Gasteiger partial charge < -0.3 is 10.5 Å². The number of nitrogens with zero attached hydrogens (tertiary/aromatic N) is 2. The summed E-state index contributed by atoms with van der Waals surface area (Å²) in [6.45, 7) is 1.87. The number of aryl methyl sites for hydroxylation is 1. The minimum atomic E-state index is 0.483. The summed E-state index contributed by atoms with van der Waals surface area (Å²) in [4.78, 5) is 8.94. The molecule has 1 heterocycles. The van der Waals surface area contributed by atoms with Crippen LogP contribution in [0.25, 0.3) is 11.0 Å². The van der Waals surface area contributed by atoms with E-state index in [0.29, 0.717) is 17.3 Å². The van der Waals surface area contributed by atoms with Crippen molar-refractivity contribution in [3.05, 3.63) is 54.2 Å². The Hall–Kier alpha value is -2.62. The second-order valence-corrected chi connectivity index (χ2v) is 4.24. The van der Waals surface area contributed by atoms with Crippen molar-refractivity contribution in [1.29, 1.82) is 0 Å². The monoisotopic (exact) mass is 251 g/mol. The first-order valence-electron chi connectivity index (χ1n) is 6.00. The van der Waals surface area contributed by atoms with Crippen molar-refractivity contribution >= 4 is 16.7 Å². The molecule has 0 atom stereocenters. The van der Waals surface area contributed by atoms with Crippen LogP contribution in [0, 0.1) is 6.92 Å². The fourth-order valence-corrected chi connectivity index (χ4v) is 1.85. The maximum atomic E-state index is 5.86. The molecular weight excluding hydrogens is 238 g/mol. The Labute approximate surface area is 110 Å². The van der Waals surface area contributed by atoms with E-state index in [1.165, 1.54) is 0 Å². The van der Waals surface area contributed by atoms with Crippen molar-refractivity contribution in [2.45, 2.75) is 6.92 Å². The zero-order valence-corrected chi connectivity index (χ0v) is 10.5. The van der Waals surface area contributed by atoms with Gasteiger partial charge in [0.25, 0.3) is 0 Å². The molecule has 0 spiro atoms. The Bertz CT molecular complexity index is 740. The number of ether oxygens (including phenoxy) is 1. The van der Waals surface area contributed by atoms with Crippen LogP contribution in [-0.2, 0) is 0 Å². The van der Waals surface area contributed by atoms with Crippen LogP contribution in [0.4, 0.5) is 5.69 Å².